The SMILES string of the molecule is C=C(C)[C@@H]1CC[C@]2(C(=O)OCC(=O)OCc3ccccc3)CC[C@]3(C)[C@H](CC[C@@H]4[C@@]5(C)CC[C@H](O)C(C)(C)[C@@H]5CC[C@]43C)[C@@H]12. The van der Waals surface area contributed by atoms with Gasteiger partial charge >= 0.3 is 11.9 Å². The largest absolute Gasteiger partial charge is 0.458 e. The Morgan fingerprint density at radius 3 is 2.27 bits per heavy atom. The molecule has 5 fully saturated rings. The van der Waals surface area contributed by atoms with Crippen molar-refractivity contribution in [1.82, 2.24) is 0 Å². The van der Waals surface area contributed by atoms with Crippen LogP contribution in [0.5, 0.6) is 0 Å². The molecule has 5 aliphatic carbocycles. The van der Waals surface area contributed by atoms with Crippen LogP contribution < -0.4 is 0 Å². The molecular weight excluding hydrogens is 548 g/mol. The lowest BCUT2D eigenvalue weighted by Gasteiger charge is -2.72. The Bertz CT molecular complexity index is 1290. The van der Waals surface area contributed by atoms with E-state index in [1.54, 1.807) is 0 Å². The fourth-order valence-electron chi connectivity index (χ4n) is 12.5. The first kappa shape index (κ1) is 31.8. The summed E-state index contributed by atoms with van der Waals surface area (Å²) < 4.78 is 11.3. The summed E-state index contributed by atoms with van der Waals surface area (Å²) in [4.78, 5) is 26.8. The van der Waals surface area contributed by atoms with Crippen molar-refractivity contribution in [2.24, 2.45) is 56.7 Å². The van der Waals surface area contributed by atoms with Gasteiger partial charge in [0.1, 0.15) is 6.61 Å². The number of esters is 2. The molecule has 5 nitrogen and oxygen atoms in total. The Kier molecular flexibility index (Phi) is 7.95. The van der Waals surface area contributed by atoms with E-state index in [0.29, 0.717) is 23.7 Å². The van der Waals surface area contributed by atoms with Crippen LogP contribution in [0.2, 0.25) is 0 Å². The molecule has 1 aromatic rings. The van der Waals surface area contributed by atoms with E-state index in [9.17, 15) is 14.7 Å². The number of aliphatic hydroxyl groups excluding tert-OH is 1. The molecule has 0 spiro atoms. The number of rotatable bonds is 6. The first-order chi connectivity index (χ1) is 20.7. The molecule has 0 amide bonds. The molecule has 5 heteroatoms. The molecule has 1 N–H and O–H groups in total. The lowest BCUT2D eigenvalue weighted by Crippen LogP contribution is -2.67. The molecular formula is C39H56O5. The summed E-state index contributed by atoms with van der Waals surface area (Å²) in [7, 11) is 0. The number of aliphatic hydroxyl groups is 1. The second-order valence-electron chi connectivity index (χ2n) is 16.9. The highest BCUT2D eigenvalue weighted by Gasteiger charge is 2.72. The van der Waals surface area contributed by atoms with Gasteiger partial charge in [-0.25, -0.2) is 4.79 Å². The molecule has 0 unspecified atom stereocenters. The molecule has 5 aliphatic rings. The Labute approximate surface area is 265 Å². The number of hydrogen-bond acceptors (Lipinski definition) is 5. The van der Waals surface area contributed by atoms with Crippen LogP contribution in [-0.4, -0.2) is 29.8 Å². The summed E-state index contributed by atoms with van der Waals surface area (Å²) in [6.45, 7) is 18.8. The Hall–Kier alpha value is -2.14. The van der Waals surface area contributed by atoms with Crippen molar-refractivity contribution >= 4 is 11.9 Å². The van der Waals surface area contributed by atoms with E-state index in [2.05, 4.69) is 48.1 Å². The molecule has 0 aliphatic heterocycles. The van der Waals surface area contributed by atoms with Crippen LogP contribution in [0.4, 0.5) is 0 Å². The first-order valence-electron chi connectivity index (χ1n) is 17.4. The fourth-order valence-corrected chi connectivity index (χ4v) is 12.5. The third kappa shape index (κ3) is 4.56. The molecule has 10 atom stereocenters. The minimum Gasteiger partial charge on any atom is -0.458 e. The molecule has 242 valence electrons. The zero-order valence-electron chi connectivity index (χ0n) is 28.1. The molecule has 0 bridgehead atoms. The van der Waals surface area contributed by atoms with Crippen LogP contribution >= 0.6 is 0 Å². The maximum atomic E-state index is 14.1. The average molecular weight is 605 g/mol. The normalized spacial score (nSPS) is 43.9. The second kappa shape index (κ2) is 11.0. The predicted molar refractivity (Wildman–Crippen MR) is 172 cm³/mol. The maximum absolute atomic E-state index is 14.1. The third-order valence-corrected chi connectivity index (χ3v) is 15.0. The summed E-state index contributed by atoms with van der Waals surface area (Å²) in [5, 5.41) is 11.0. The summed E-state index contributed by atoms with van der Waals surface area (Å²) >= 11 is 0. The van der Waals surface area contributed by atoms with Crippen molar-refractivity contribution in [1.29, 1.82) is 0 Å². The lowest BCUT2D eigenvalue weighted by atomic mass is 9.32. The van der Waals surface area contributed by atoms with Gasteiger partial charge in [0.25, 0.3) is 0 Å². The van der Waals surface area contributed by atoms with Gasteiger partial charge in [0.2, 0.25) is 0 Å². The van der Waals surface area contributed by atoms with Gasteiger partial charge in [-0.1, -0.05) is 77.1 Å². The molecule has 5 saturated carbocycles. The average Bonchev–Trinajstić information content (AvgIpc) is 3.39. The molecule has 6 rings (SSSR count). The number of benzene rings is 1. The van der Waals surface area contributed by atoms with Crippen molar-refractivity contribution in [3.8, 4) is 0 Å². The van der Waals surface area contributed by atoms with Crippen LogP contribution in [-0.2, 0) is 25.7 Å². The van der Waals surface area contributed by atoms with Crippen LogP contribution in [0.1, 0.15) is 111 Å². The lowest BCUT2D eigenvalue weighted by molar-refractivity contribution is -0.248. The van der Waals surface area contributed by atoms with Gasteiger partial charge in [0, 0.05) is 0 Å². The zero-order chi connectivity index (χ0) is 31.7. The highest BCUT2D eigenvalue weighted by Crippen LogP contribution is 2.77. The fraction of sp³-hybridized carbons (Fsp3) is 0.744. The van der Waals surface area contributed by atoms with Crippen molar-refractivity contribution in [3.63, 3.8) is 0 Å². The standard InChI is InChI=1S/C39H56O5/c1-25(2)27-15-20-39(34(42)44-24-32(41)43-23-26-11-9-8-10-12-26)22-21-37(6)28(33(27)39)13-14-30-36(5)18-17-31(40)35(3,4)29(36)16-19-38(30,37)7/h8-12,27-31,33,40H,1,13-24H2,2-7H3/t27-,28+,29-,30+,31-,33+,36-,37+,38+,39-/m0/s1. The van der Waals surface area contributed by atoms with Crippen LogP contribution in [0.25, 0.3) is 0 Å². The van der Waals surface area contributed by atoms with Gasteiger partial charge in [-0.15, -0.1) is 0 Å². The van der Waals surface area contributed by atoms with Crippen molar-refractivity contribution in [2.75, 3.05) is 6.61 Å². The molecule has 0 heterocycles. The molecule has 0 saturated heterocycles. The number of fused-ring (bicyclic) bond motifs is 7. The molecule has 1 aromatic carbocycles. The van der Waals surface area contributed by atoms with E-state index >= 15 is 0 Å². The minimum atomic E-state index is -0.561. The highest BCUT2D eigenvalue weighted by atomic mass is 16.6. The van der Waals surface area contributed by atoms with E-state index in [4.69, 9.17) is 9.47 Å². The number of hydrogen-bond donors (Lipinski definition) is 1. The predicted octanol–water partition coefficient (Wildman–Crippen LogP) is 8.29. The Balaban J connectivity index is 1.24. The maximum Gasteiger partial charge on any atom is 0.344 e. The first-order valence-corrected chi connectivity index (χ1v) is 17.4. The smallest absolute Gasteiger partial charge is 0.344 e. The second-order valence-corrected chi connectivity index (χ2v) is 16.9. The van der Waals surface area contributed by atoms with E-state index < -0.39 is 11.4 Å². The molecule has 0 radical (unpaired) electrons. The van der Waals surface area contributed by atoms with Crippen molar-refractivity contribution < 1.29 is 24.2 Å². The minimum absolute atomic E-state index is 0.0592. The highest BCUT2D eigenvalue weighted by molar-refractivity contribution is 5.81. The van der Waals surface area contributed by atoms with E-state index in [1.165, 1.54) is 24.8 Å². The van der Waals surface area contributed by atoms with Gasteiger partial charge in [-0.3, -0.25) is 4.79 Å². The monoisotopic (exact) mass is 604 g/mol. The Morgan fingerprint density at radius 2 is 1.57 bits per heavy atom. The summed E-state index contributed by atoms with van der Waals surface area (Å²) in [6, 6.07) is 9.59. The van der Waals surface area contributed by atoms with Crippen LogP contribution in [0, 0.1) is 56.7 Å². The van der Waals surface area contributed by atoms with Gasteiger partial charge < -0.3 is 14.6 Å². The Morgan fingerprint density at radius 1 is 0.841 bits per heavy atom. The quantitative estimate of drug-likeness (QED) is 0.261. The van der Waals surface area contributed by atoms with Gasteiger partial charge in [-0.2, -0.15) is 0 Å². The number of carbonyl (C=O) groups excluding carboxylic acids is 2. The number of ether oxygens (including phenoxy) is 2. The van der Waals surface area contributed by atoms with Crippen molar-refractivity contribution in [3.05, 3.63) is 48.0 Å². The van der Waals surface area contributed by atoms with Gasteiger partial charge in [0.05, 0.1) is 11.5 Å². The van der Waals surface area contributed by atoms with Crippen molar-refractivity contribution in [2.45, 2.75) is 118 Å². The number of allylic oxidation sites excluding steroid dienone is 1. The van der Waals surface area contributed by atoms with Gasteiger partial charge in [0.15, 0.2) is 6.61 Å². The summed E-state index contributed by atoms with van der Waals surface area (Å²) in [5.41, 5.74) is 2.00. The topological polar surface area (TPSA) is 72.8 Å². The molecule has 0 aromatic heterocycles. The van der Waals surface area contributed by atoms with E-state index in [0.717, 1.165) is 50.5 Å². The number of carbonyl (C=O) groups is 2. The van der Waals surface area contributed by atoms with Gasteiger partial charge in [-0.05, 0) is 128 Å². The summed E-state index contributed by atoms with van der Waals surface area (Å²) in [6.07, 6.45) is 10.1. The summed E-state index contributed by atoms with van der Waals surface area (Å²) in [5.74, 6) is 1.37. The van der Waals surface area contributed by atoms with Crippen LogP contribution in [0.3, 0.4) is 0 Å². The molecule has 44 heavy (non-hydrogen) atoms. The third-order valence-electron chi connectivity index (χ3n) is 15.0. The van der Waals surface area contributed by atoms with E-state index in [-0.39, 0.29) is 52.9 Å². The zero-order valence-corrected chi connectivity index (χ0v) is 28.1. The van der Waals surface area contributed by atoms with Crippen LogP contribution in [0.15, 0.2) is 42.5 Å². The van der Waals surface area contributed by atoms with E-state index in [1.807, 2.05) is 30.3 Å².